The number of Topliss-reactive ketones (excluding diaryl/α,β-unsaturated/α-hetero) is 1. The van der Waals surface area contributed by atoms with Gasteiger partial charge in [-0.05, 0) is 37.7 Å². The Morgan fingerprint density at radius 2 is 1.69 bits per heavy atom. The third-order valence-corrected chi connectivity index (χ3v) is 8.12. The van der Waals surface area contributed by atoms with Crippen LogP contribution in [0.3, 0.4) is 0 Å². The van der Waals surface area contributed by atoms with Crippen LogP contribution in [-0.4, -0.2) is 83.3 Å². The van der Waals surface area contributed by atoms with Gasteiger partial charge in [0.1, 0.15) is 5.54 Å². The second-order valence-corrected chi connectivity index (χ2v) is 12.2. The number of amides is 3. The molecule has 0 saturated carbocycles. The summed E-state index contributed by atoms with van der Waals surface area (Å²) in [6, 6.07) is 10.0. The summed E-state index contributed by atoms with van der Waals surface area (Å²) in [5.74, 6) is 0.632. The first kappa shape index (κ1) is 28.6. The number of likely N-dealkylation sites (N-methyl/N-ethyl adjacent to an activating group) is 1. The maximum atomic E-state index is 13.9. The largest absolute Gasteiger partial charge is 0.327 e. The summed E-state index contributed by atoms with van der Waals surface area (Å²) in [6.45, 7) is 13.2. The number of carbonyl (C=O) groups is 3. The first-order chi connectivity index (χ1) is 16.5. The predicted molar refractivity (Wildman–Crippen MR) is 144 cm³/mol. The van der Waals surface area contributed by atoms with Crippen LogP contribution in [0.25, 0.3) is 0 Å². The van der Waals surface area contributed by atoms with Crippen LogP contribution in [0.15, 0.2) is 30.3 Å². The molecule has 1 aromatic rings. The fraction of sp³-hybridized carbons (Fsp3) is 0.679. The standard InChI is InChI=1S/C28H42N4O3.ClH/c1-19(2)32-26(35)30(6)25(34)28(32)12-14-31(15-13-28)24(23(33)16-27(3,4)5)22-18-29-17-21(22)20-10-8-7-9-11-20;/h7-11,19,21-22,24,29H,12-18H2,1-6H3;1H/t21-,22-,24?;/m1./s1. The molecule has 3 saturated heterocycles. The van der Waals surface area contributed by atoms with Gasteiger partial charge in [-0.25, -0.2) is 4.79 Å². The number of benzene rings is 1. The van der Waals surface area contributed by atoms with E-state index >= 15 is 0 Å². The SMILES string of the molecule is CC(C)N1C(=O)N(C)C(=O)C12CCN(C(C(=O)CC(C)(C)C)[C@@H]1CNC[C@@H]1c1ccccc1)CC2.Cl. The van der Waals surface area contributed by atoms with E-state index in [9.17, 15) is 14.4 Å². The Morgan fingerprint density at radius 3 is 2.25 bits per heavy atom. The molecule has 3 aliphatic heterocycles. The fourth-order valence-electron chi connectivity index (χ4n) is 6.63. The Labute approximate surface area is 222 Å². The molecule has 3 heterocycles. The molecule has 4 rings (SSSR count). The number of ketones is 1. The lowest BCUT2D eigenvalue weighted by molar-refractivity contribution is -0.137. The lowest BCUT2D eigenvalue weighted by atomic mass is 9.76. The highest BCUT2D eigenvalue weighted by atomic mass is 35.5. The van der Waals surface area contributed by atoms with Gasteiger partial charge in [-0.2, -0.15) is 0 Å². The van der Waals surface area contributed by atoms with E-state index in [1.807, 2.05) is 19.9 Å². The van der Waals surface area contributed by atoms with E-state index in [4.69, 9.17) is 0 Å². The quantitative estimate of drug-likeness (QED) is 0.578. The predicted octanol–water partition coefficient (Wildman–Crippen LogP) is 3.92. The number of nitrogens with one attached hydrogen (secondary N) is 1. The zero-order valence-electron chi connectivity index (χ0n) is 22.6. The van der Waals surface area contributed by atoms with Gasteiger partial charge in [-0.15, -0.1) is 12.4 Å². The number of hydrogen-bond donors (Lipinski definition) is 1. The fourth-order valence-corrected chi connectivity index (χ4v) is 6.63. The van der Waals surface area contributed by atoms with Gasteiger partial charge in [0.2, 0.25) is 0 Å². The maximum Gasteiger partial charge on any atom is 0.327 e. The van der Waals surface area contributed by atoms with Crippen molar-refractivity contribution < 1.29 is 14.4 Å². The van der Waals surface area contributed by atoms with Crippen LogP contribution >= 0.6 is 12.4 Å². The highest BCUT2D eigenvalue weighted by Crippen LogP contribution is 2.41. The van der Waals surface area contributed by atoms with Crippen LogP contribution in [0.4, 0.5) is 4.79 Å². The van der Waals surface area contributed by atoms with Crippen LogP contribution in [0.2, 0.25) is 0 Å². The van der Waals surface area contributed by atoms with Crippen molar-refractivity contribution in [2.45, 2.75) is 77.4 Å². The number of urea groups is 1. The highest BCUT2D eigenvalue weighted by molar-refractivity contribution is 6.07. The molecule has 1 aromatic carbocycles. The smallest absolute Gasteiger partial charge is 0.316 e. The molecule has 200 valence electrons. The molecule has 8 heteroatoms. The van der Waals surface area contributed by atoms with Crippen molar-refractivity contribution in [1.29, 1.82) is 0 Å². The Morgan fingerprint density at radius 1 is 1.08 bits per heavy atom. The molecular formula is C28H43ClN4O3. The van der Waals surface area contributed by atoms with E-state index in [1.54, 1.807) is 11.9 Å². The van der Waals surface area contributed by atoms with Crippen LogP contribution in [-0.2, 0) is 9.59 Å². The van der Waals surface area contributed by atoms with Gasteiger partial charge in [0.15, 0.2) is 5.78 Å². The van der Waals surface area contributed by atoms with Gasteiger partial charge in [-0.3, -0.25) is 19.4 Å². The number of hydrogen-bond acceptors (Lipinski definition) is 5. The summed E-state index contributed by atoms with van der Waals surface area (Å²) in [5, 5.41) is 3.55. The Bertz CT molecular complexity index is 953. The van der Waals surface area contributed by atoms with E-state index in [0.29, 0.717) is 32.4 Å². The molecule has 3 atom stereocenters. The van der Waals surface area contributed by atoms with Crippen LogP contribution in [0.5, 0.6) is 0 Å². The number of piperidine rings is 1. The van der Waals surface area contributed by atoms with Crippen molar-refractivity contribution in [3.8, 4) is 0 Å². The van der Waals surface area contributed by atoms with Gasteiger partial charge in [0.05, 0.1) is 6.04 Å². The zero-order valence-corrected chi connectivity index (χ0v) is 23.4. The van der Waals surface area contributed by atoms with E-state index in [0.717, 1.165) is 13.1 Å². The minimum atomic E-state index is -0.791. The average Bonchev–Trinajstić information content (AvgIpc) is 3.33. The number of rotatable bonds is 6. The first-order valence-electron chi connectivity index (χ1n) is 13.1. The molecule has 1 spiro atoms. The third-order valence-electron chi connectivity index (χ3n) is 8.12. The molecule has 1 N–H and O–H groups in total. The summed E-state index contributed by atoms with van der Waals surface area (Å²) in [4.78, 5) is 45.4. The summed E-state index contributed by atoms with van der Waals surface area (Å²) >= 11 is 0. The first-order valence-corrected chi connectivity index (χ1v) is 13.1. The normalized spacial score (nSPS) is 25.5. The molecule has 7 nitrogen and oxygen atoms in total. The minimum Gasteiger partial charge on any atom is -0.316 e. The van der Waals surface area contributed by atoms with Crippen LogP contribution < -0.4 is 5.32 Å². The van der Waals surface area contributed by atoms with Gasteiger partial charge in [0.25, 0.3) is 5.91 Å². The van der Waals surface area contributed by atoms with E-state index in [-0.39, 0.29) is 59.5 Å². The van der Waals surface area contributed by atoms with E-state index in [2.05, 4.69) is 55.3 Å². The lowest BCUT2D eigenvalue weighted by Crippen LogP contribution is -2.61. The molecule has 0 aromatic heterocycles. The monoisotopic (exact) mass is 518 g/mol. The summed E-state index contributed by atoms with van der Waals surface area (Å²) in [5.41, 5.74) is 0.390. The van der Waals surface area contributed by atoms with Gasteiger partial charge >= 0.3 is 6.03 Å². The molecule has 1 unspecified atom stereocenters. The van der Waals surface area contributed by atoms with Crippen LogP contribution in [0.1, 0.15) is 65.4 Å². The maximum absolute atomic E-state index is 13.9. The van der Waals surface area contributed by atoms with Crippen molar-refractivity contribution >= 4 is 30.1 Å². The zero-order chi connectivity index (χ0) is 25.5. The van der Waals surface area contributed by atoms with Crippen molar-refractivity contribution in [2.75, 3.05) is 33.2 Å². The van der Waals surface area contributed by atoms with Gasteiger partial charge in [-0.1, -0.05) is 51.1 Å². The summed E-state index contributed by atoms with van der Waals surface area (Å²) < 4.78 is 0. The number of carbonyl (C=O) groups excluding carboxylic acids is 3. The Balaban J connectivity index is 0.00000361. The molecule has 0 radical (unpaired) electrons. The summed E-state index contributed by atoms with van der Waals surface area (Å²) in [7, 11) is 1.59. The number of halogens is 1. The minimum absolute atomic E-state index is 0. The highest BCUT2D eigenvalue weighted by Gasteiger charge is 2.58. The second-order valence-electron chi connectivity index (χ2n) is 12.2. The number of nitrogens with zero attached hydrogens (tertiary/aromatic N) is 3. The molecule has 3 amide bonds. The summed E-state index contributed by atoms with van der Waals surface area (Å²) in [6.07, 6.45) is 1.65. The average molecular weight is 519 g/mol. The molecule has 36 heavy (non-hydrogen) atoms. The van der Waals surface area contributed by atoms with Gasteiger partial charge < -0.3 is 10.2 Å². The van der Waals surface area contributed by atoms with Crippen molar-refractivity contribution in [3.05, 3.63) is 35.9 Å². The molecular weight excluding hydrogens is 476 g/mol. The van der Waals surface area contributed by atoms with E-state index in [1.165, 1.54) is 10.5 Å². The lowest BCUT2D eigenvalue weighted by Gasteiger charge is -2.47. The Kier molecular flexibility index (Phi) is 8.58. The molecule has 0 aliphatic carbocycles. The van der Waals surface area contributed by atoms with Crippen molar-refractivity contribution in [1.82, 2.24) is 20.0 Å². The number of likely N-dealkylation sites (tertiary alicyclic amines) is 1. The van der Waals surface area contributed by atoms with Gasteiger partial charge in [0, 0.05) is 57.5 Å². The van der Waals surface area contributed by atoms with Crippen molar-refractivity contribution in [3.63, 3.8) is 0 Å². The second kappa shape index (κ2) is 10.8. The molecule has 0 bridgehead atoms. The number of imide groups is 1. The Hall–Kier alpha value is -1.96. The molecule has 3 fully saturated rings. The van der Waals surface area contributed by atoms with E-state index < -0.39 is 5.54 Å². The molecule has 3 aliphatic rings. The van der Waals surface area contributed by atoms with Crippen molar-refractivity contribution in [2.24, 2.45) is 11.3 Å². The van der Waals surface area contributed by atoms with Crippen LogP contribution in [0, 0.1) is 11.3 Å². The third kappa shape index (κ3) is 5.20. The topological polar surface area (TPSA) is 73.0 Å².